The average Bonchev–Trinajstić information content (AvgIpc) is 2.92. The molecule has 2 rings (SSSR count). The van der Waals surface area contributed by atoms with Crippen LogP contribution in [0.1, 0.15) is 43.0 Å². The molecule has 0 radical (unpaired) electrons. The number of Topliss-reactive ketones (excluding diaryl/α,β-unsaturated/α-hetero) is 1. The molecule has 0 bridgehead atoms. The second-order valence-corrected chi connectivity index (χ2v) is 5.56. The van der Waals surface area contributed by atoms with E-state index in [1.807, 2.05) is 0 Å². The molecular weight excluding hydrogens is 276 g/mol. The molecule has 0 saturated carbocycles. The van der Waals surface area contributed by atoms with Gasteiger partial charge in [0.15, 0.2) is 5.78 Å². The number of ketones is 1. The molecule has 1 aromatic rings. The van der Waals surface area contributed by atoms with E-state index in [0.717, 1.165) is 37.9 Å². The number of carbonyl (C=O) groups is 1. The Morgan fingerprint density at radius 3 is 2.90 bits per heavy atom. The first-order valence-electron chi connectivity index (χ1n) is 7.40. The van der Waals surface area contributed by atoms with E-state index in [1.54, 1.807) is 6.92 Å². The average molecular weight is 297 g/mol. The van der Waals surface area contributed by atoms with E-state index in [2.05, 4.69) is 4.90 Å². The molecule has 0 aromatic heterocycles. The Hall–Kier alpha value is -1.33. The maximum Gasteiger partial charge on any atom is 0.182 e. The highest BCUT2D eigenvalue weighted by molar-refractivity contribution is 6.00. The van der Waals surface area contributed by atoms with Crippen LogP contribution in [0.4, 0.5) is 8.78 Å². The summed E-state index contributed by atoms with van der Waals surface area (Å²) in [6.45, 7) is 2.70. The molecule has 3 nitrogen and oxygen atoms in total. The highest BCUT2D eigenvalue weighted by Crippen LogP contribution is 2.25. The highest BCUT2D eigenvalue weighted by Gasteiger charge is 2.32. The van der Waals surface area contributed by atoms with Crippen LogP contribution in [0, 0.1) is 11.6 Å². The topological polar surface area (TPSA) is 40.5 Å². The van der Waals surface area contributed by atoms with Gasteiger partial charge in [-0.05, 0) is 51.3 Å². The Morgan fingerprint density at radius 2 is 2.24 bits per heavy atom. The lowest BCUT2D eigenvalue weighted by atomic mass is 10.0. The van der Waals surface area contributed by atoms with E-state index < -0.39 is 17.7 Å². The SMILES string of the molecule is CC(C(=O)c1ccc(F)cc1F)N1CCCC1CCCO. The highest BCUT2D eigenvalue weighted by atomic mass is 19.1. The molecule has 1 saturated heterocycles. The second kappa shape index (κ2) is 7.09. The van der Waals surface area contributed by atoms with Crippen molar-refractivity contribution in [3.05, 3.63) is 35.4 Å². The van der Waals surface area contributed by atoms with Crippen LogP contribution in [0.2, 0.25) is 0 Å². The number of hydrogen-bond donors (Lipinski definition) is 1. The van der Waals surface area contributed by atoms with Crippen LogP contribution in [0.15, 0.2) is 18.2 Å². The summed E-state index contributed by atoms with van der Waals surface area (Å²) < 4.78 is 26.7. The zero-order valence-electron chi connectivity index (χ0n) is 12.2. The number of rotatable bonds is 6. The maximum atomic E-state index is 13.7. The van der Waals surface area contributed by atoms with Crippen molar-refractivity contribution in [2.45, 2.75) is 44.7 Å². The van der Waals surface area contributed by atoms with Gasteiger partial charge in [-0.1, -0.05) is 0 Å². The van der Waals surface area contributed by atoms with E-state index in [-0.39, 0.29) is 24.0 Å². The molecule has 5 heteroatoms. The summed E-state index contributed by atoms with van der Waals surface area (Å²) in [6, 6.07) is 2.88. The Kier molecular flexibility index (Phi) is 5.42. The number of likely N-dealkylation sites (tertiary alicyclic amines) is 1. The maximum absolute atomic E-state index is 13.7. The van der Waals surface area contributed by atoms with E-state index >= 15 is 0 Å². The second-order valence-electron chi connectivity index (χ2n) is 5.56. The van der Waals surface area contributed by atoms with Crippen molar-refractivity contribution < 1.29 is 18.7 Å². The van der Waals surface area contributed by atoms with Crippen LogP contribution in [0.5, 0.6) is 0 Å². The van der Waals surface area contributed by atoms with Gasteiger partial charge in [-0.3, -0.25) is 9.69 Å². The van der Waals surface area contributed by atoms with Gasteiger partial charge in [-0.25, -0.2) is 8.78 Å². The van der Waals surface area contributed by atoms with Crippen molar-refractivity contribution in [3.8, 4) is 0 Å². The summed E-state index contributed by atoms with van der Waals surface area (Å²) in [5.41, 5.74) is -0.0586. The fraction of sp³-hybridized carbons (Fsp3) is 0.562. The lowest BCUT2D eigenvalue weighted by Crippen LogP contribution is -2.42. The zero-order valence-corrected chi connectivity index (χ0v) is 12.2. The molecular formula is C16H21F2NO2. The van der Waals surface area contributed by atoms with Gasteiger partial charge in [-0.2, -0.15) is 0 Å². The normalized spacial score (nSPS) is 20.7. The number of benzene rings is 1. The Labute approximate surface area is 123 Å². The van der Waals surface area contributed by atoms with E-state index in [1.165, 1.54) is 6.07 Å². The summed E-state index contributed by atoms with van der Waals surface area (Å²) in [6.07, 6.45) is 3.52. The van der Waals surface area contributed by atoms with Crippen molar-refractivity contribution in [1.29, 1.82) is 0 Å². The van der Waals surface area contributed by atoms with Crippen molar-refractivity contribution in [2.24, 2.45) is 0 Å². The smallest absolute Gasteiger partial charge is 0.182 e. The summed E-state index contributed by atoms with van der Waals surface area (Å²) in [4.78, 5) is 14.5. The first kappa shape index (κ1) is 16.0. The monoisotopic (exact) mass is 297 g/mol. The van der Waals surface area contributed by atoms with E-state index in [9.17, 15) is 13.6 Å². The number of hydrogen-bond acceptors (Lipinski definition) is 3. The van der Waals surface area contributed by atoms with Crippen LogP contribution in [0.3, 0.4) is 0 Å². The standard InChI is InChI=1S/C16H21F2NO2/c1-11(19-8-2-4-13(19)5-3-9-20)16(21)14-7-6-12(17)10-15(14)18/h6-7,10-11,13,20H,2-5,8-9H2,1H3. The predicted octanol–water partition coefficient (Wildman–Crippen LogP) is 2.77. The third-order valence-electron chi connectivity index (χ3n) is 4.19. The summed E-state index contributed by atoms with van der Waals surface area (Å²) in [7, 11) is 0. The minimum atomic E-state index is -0.807. The largest absolute Gasteiger partial charge is 0.396 e. The van der Waals surface area contributed by atoms with Crippen molar-refractivity contribution >= 4 is 5.78 Å². The van der Waals surface area contributed by atoms with Crippen molar-refractivity contribution in [1.82, 2.24) is 4.90 Å². The molecule has 2 atom stereocenters. The molecule has 1 aliphatic rings. The van der Waals surface area contributed by atoms with Crippen LogP contribution in [-0.4, -0.2) is 41.0 Å². The van der Waals surface area contributed by atoms with E-state index in [0.29, 0.717) is 6.42 Å². The zero-order chi connectivity index (χ0) is 15.4. The van der Waals surface area contributed by atoms with Gasteiger partial charge >= 0.3 is 0 Å². The first-order valence-corrected chi connectivity index (χ1v) is 7.40. The summed E-state index contributed by atoms with van der Waals surface area (Å²) in [5, 5.41) is 8.93. The molecule has 0 spiro atoms. The molecule has 0 amide bonds. The fourth-order valence-electron chi connectivity index (χ4n) is 3.07. The Bertz CT molecular complexity index is 507. The third-order valence-corrected chi connectivity index (χ3v) is 4.19. The quantitative estimate of drug-likeness (QED) is 0.821. The molecule has 1 aromatic carbocycles. The van der Waals surface area contributed by atoms with Gasteiger partial charge in [0, 0.05) is 18.7 Å². The lowest BCUT2D eigenvalue weighted by molar-refractivity contribution is 0.0804. The van der Waals surface area contributed by atoms with Crippen LogP contribution < -0.4 is 0 Å². The minimum absolute atomic E-state index is 0.0586. The molecule has 1 N–H and O–H groups in total. The molecule has 2 unspecified atom stereocenters. The van der Waals surface area contributed by atoms with Crippen LogP contribution in [0.25, 0.3) is 0 Å². The Balaban J connectivity index is 2.11. The number of aliphatic hydroxyl groups excluding tert-OH is 1. The molecule has 1 fully saturated rings. The number of aliphatic hydroxyl groups is 1. The van der Waals surface area contributed by atoms with Gasteiger partial charge in [-0.15, -0.1) is 0 Å². The number of halogens is 2. The van der Waals surface area contributed by atoms with Crippen molar-refractivity contribution in [2.75, 3.05) is 13.2 Å². The molecule has 21 heavy (non-hydrogen) atoms. The van der Waals surface area contributed by atoms with Crippen molar-refractivity contribution in [3.63, 3.8) is 0 Å². The summed E-state index contributed by atoms with van der Waals surface area (Å²) >= 11 is 0. The predicted molar refractivity (Wildman–Crippen MR) is 76.2 cm³/mol. The molecule has 1 heterocycles. The van der Waals surface area contributed by atoms with Gasteiger partial charge in [0.05, 0.1) is 11.6 Å². The van der Waals surface area contributed by atoms with E-state index in [4.69, 9.17) is 5.11 Å². The van der Waals surface area contributed by atoms with Gasteiger partial charge in [0.25, 0.3) is 0 Å². The Morgan fingerprint density at radius 1 is 1.48 bits per heavy atom. The fourth-order valence-corrected chi connectivity index (χ4v) is 3.07. The minimum Gasteiger partial charge on any atom is -0.396 e. The van der Waals surface area contributed by atoms with Crippen LogP contribution >= 0.6 is 0 Å². The van der Waals surface area contributed by atoms with Gasteiger partial charge in [0.2, 0.25) is 0 Å². The van der Waals surface area contributed by atoms with Gasteiger partial charge in [0.1, 0.15) is 11.6 Å². The molecule has 0 aliphatic carbocycles. The molecule has 1 aliphatic heterocycles. The lowest BCUT2D eigenvalue weighted by Gasteiger charge is -2.29. The third kappa shape index (κ3) is 3.66. The summed E-state index contributed by atoms with van der Waals surface area (Å²) in [5.74, 6) is -1.81. The molecule has 116 valence electrons. The van der Waals surface area contributed by atoms with Gasteiger partial charge < -0.3 is 5.11 Å². The van der Waals surface area contributed by atoms with Crippen LogP contribution in [-0.2, 0) is 0 Å². The first-order chi connectivity index (χ1) is 10.0. The number of carbonyl (C=O) groups excluding carboxylic acids is 1. The number of nitrogens with zero attached hydrogens (tertiary/aromatic N) is 1.